The molecule has 0 aromatic rings. The Hall–Kier alpha value is -1.72. The van der Waals surface area contributed by atoms with Crippen molar-refractivity contribution in [2.45, 2.75) is 0 Å². The summed E-state index contributed by atoms with van der Waals surface area (Å²) in [6.45, 7) is -0.144. The van der Waals surface area contributed by atoms with Crippen LogP contribution in [0.15, 0.2) is 11.8 Å². The summed E-state index contributed by atoms with van der Waals surface area (Å²) < 4.78 is 8.85. The summed E-state index contributed by atoms with van der Waals surface area (Å²) in [7, 11) is 2.65. The van der Waals surface area contributed by atoms with E-state index >= 15 is 0 Å². The minimum Gasteiger partial charge on any atom is -0.466 e. The summed E-state index contributed by atoms with van der Waals surface area (Å²) in [5.74, 6) is -0.585. The van der Waals surface area contributed by atoms with Gasteiger partial charge in [-0.15, -0.1) is 0 Å². The number of esters is 1. The largest absolute Gasteiger partial charge is 0.466 e. The van der Waals surface area contributed by atoms with Crippen molar-refractivity contribution < 1.29 is 19.1 Å². The molecule has 13 heavy (non-hydrogen) atoms. The molecule has 0 atom stereocenters. The van der Waals surface area contributed by atoms with Gasteiger partial charge in [0.25, 0.3) is 0 Å². The van der Waals surface area contributed by atoms with Crippen LogP contribution in [0, 0.1) is 0 Å². The Kier molecular flexibility index (Phi) is 5.09. The standard InChI is InChI=1S/C7H12N2O4/c1-9-7(11)13-4-5(8)3-6(10)12-2/h3H,4,8H2,1-2H3,(H,9,11)/b5-3-. The van der Waals surface area contributed by atoms with Gasteiger partial charge in [-0.3, -0.25) is 0 Å². The maximum atomic E-state index is 10.6. The second kappa shape index (κ2) is 5.87. The van der Waals surface area contributed by atoms with Crippen molar-refractivity contribution in [1.29, 1.82) is 0 Å². The molecule has 3 N–H and O–H groups in total. The van der Waals surface area contributed by atoms with Gasteiger partial charge >= 0.3 is 12.1 Å². The fraction of sp³-hybridized carbons (Fsp3) is 0.429. The van der Waals surface area contributed by atoms with Crippen LogP contribution in [0.1, 0.15) is 0 Å². The first-order valence-corrected chi connectivity index (χ1v) is 3.48. The molecular weight excluding hydrogens is 176 g/mol. The quantitative estimate of drug-likeness (QED) is 0.454. The third-order valence-corrected chi connectivity index (χ3v) is 1.08. The Bertz CT molecular complexity index is 225. The molecule has 0 spiro atoms. The molecule has 0 heterocycles. The van der Waals surface area contributed by atoms with Gasteiger partial charge in [-0.25, -0.2) is 9.59 Å². The predicted octanol–water partition coefficient (Wildman–Crippen LogP) is -0.642. The van der Waals surface area contributed by atoms with Crippen molar-refractivity contribution in [3.05, 3.63) is 11.8 Å². The minimum absolute atomic E-state index is 0.121. The Balaban J connectivity index is 3.86. The normalized spacial score (nSPS) is 10.5. The van der Waals surface area contributed by atoms with Gasteiger partial charge in [-0.05, 0) is 0 Å². The van der Waals surface area contributed by atoms with Gasteiger partial charge < -0.3 is 20.5 Å². The summed E-state index contributed by atoms with van der Waals surface area (Å²) in [6, 6.07) is 0. The smallest absolute Gasteiger partial charge is 0.407 e. The maximum absolute atomic E-state index is 10.6. The molecule has 0 aliphatic carbocycles. The Morgan fingerprint density at radius 1 is 1.54 bits per heavy atom. The summed E-state index contributed by atoms with van der Waals surface area (Å²) >= 11 is 0. The fourth-order valence-electron chi connectivity index (χ4n) is 0.473. The number of carbonyl (C=O) groups is 2. The first-order chi connectivity index (χ1) is 6.10. The molecule has 1 amide bonds. The topological polar surface area (TPSA) is 90.6 Å². The van der Waals surface area contributed by atoms with E-state index in [0.717, 1.165) is 6.08 Å². The van der Waals surface area contributed by atoms with E-state index in [1.54, 1.807) is 0 Å². The number of ether oxygens (including phenoxy) is 2. The summed E-state index contributed by atoms with van der Waals surface area (Å²) in [5, 5.41) is 2.23. The monoisotopic (exact) mass is 188 g/mol. The van der Waals surface area contributed by atoms with Crippen LogP contribution in [0.4, 0.5) is 4.79 Å². The summed E-state index contributed by atoms with van der Waals surface area (Å²) in [5.41, 5.74) is 5.43. The fourth-order valence-corrected chi connectivity index (χ4v) is 0.473. The van der Waals surface area contributed by atoms with E-state index in [1.165, 1.54) is 14.2 Å². The van der Waals surface area contributed by atoms with Crippen LogP contribution in [0.25, 0.3) is 0 Å². The second-order valence-electron chi connectivity index (χ2n) is 2.07. The molecule has 0 saturated heterocycles. The Labute approximate surface area is 75.7 Å². The van der Waals surface area contributed by atoms with Crippen LogP contribution in [0.5, 0.6) is 0 Å². The Morgan fingerprint density at radius 2 is 2.15 bits per heavy atom. The second-order valence-corrected chi connectivity index (χ2v) is 2.07. The van der Waals surface area contributed by atoms with E-state index < -0.39 is 12.1 Å². The SMILES string of the molecule is CNC(=O)OC/C(N)=C/C(=O)OC. The van der Waals surface area contributed by atoms with Crippen molar-refractivity contribution in [2.75, 3.05) is 20.8 Å². The molecular formula is C7H12N2O4. The molecule has 0 saturated carbocycles. The maximum Gasteiger partial charge on any atom is 0.407 e. The van der Waals surface area contributed by atoms with Gasteiger partial charge in [0.1, 0.15) is 6.61 Å². The van der Waals surface area contributed by atoms with Gasteiger partial charge in [-0.1, -0.05) is 0 Å². The highest BCUT2D eigenvalue weighted by Gasteiger charge is 2.01. The highest BCUT2D eigenvalue weighted by atomic mass is 16.5. The van der Waals surface area contributed by atoms with E-state index in [4.69, 9.17) is 5.73 Å². The van der Waals surface area contributed by atoms with E-state index in [9.17, 15) is 9.59 Å². The van der Waals surface area contributed by atoms with Crippen LogP contribution in [0.3, 0.4) is 0 Å². The lowest BCUT2D eigenvalue weighted by Crippen LogP contribution is -2.22. The molecule has 0 aliphatic rings. The third kappa shape index (κ3) is 5.54. The molecule has 0 aromatic heterocycles. The average Bonchev–Trinajstić information content (AvgIpc) is 2.13. The predicted molar refractivity (Wildman–Crippen MR) is 44.7 cm³/mol. The van der Waals surface area contributed by atoms with Crippen LogP contribution in [-0.4, -0.2) is 32.8 Å². The number of hydrogen-bond acceptors (Lipinski definition) is 5. The third-order valence-electron chi connectivity index (χ3n) is 1.08. The van der Waals surface area contributed by atoms with Gasteiger partial charge in [-0.2, -0.15) is 0 Å². The highest BCUT2D eigenvalue weighted by molar-refractivity contribution is 5.82. The first-order valence-electron chi connectivity index (χ1n) is 3.48. The van der Waals surface area contributed by atoms with Gasteiger partial charge in [0, 0.05) is 13.1 Å². The number of amides is 1. The number of methoxy groups -OCH3 is 1. The molecule has 0 bridgehead atoms. The van der Waals surface area contributed by atoms with Crippen molar-refractivity contribution in [1.82, 2.24) is 5.32 Å². The lowest BCUT2D eigenvalue weighted by molar-refractivity contribution is -0.134. The molecule has 0 aliphatic heterocycles. The summed E-state index contributed by atoms with van der Waals surface area (Å²) in [6.07, 6.45) is 0.435. The van der Waals surface area contributed by atoms with Crippen LogP contribution in [0.2, 0.25) is 0 Å². The van der Waals surface area contributed by atoms with Crippen molar-refractivity contribution in [3.8, 4) is 0 Å². The number of rotatable bonds is 3. The van der Waals surface area contributed by atoms with Crippen molar-refractivity contribution in [3.63, 3.8) is 0 Å². The van der Waals surface area contributed by atoms with Crippen molar-refractivity contribution in [2.24, 2.45) is 5.73 Å². The molecule has 0 rings (SSSR count). The zero-order chi connectivity index (χ0) is 10.3. The van der Waals surface area contributed by atoms with Crippen molar-refractivity contribution >= 4 is 12.1 Å². The highest BCUT2D eigenvalue weighted by Crippen LogP contribution is 1.88. The zero-order valence-corrected chi connectivity index (χ0v) is 7.49. The van der Waals surface area contributed by atoms with Gasteiger partial charge in [0.15, 0.2) is 0 Å². The Morgan fingerprint density at radius 3 is 2.62 bits per heavy atom. The lowest BCUT2D eigenvalue weighted by Gasteiger charge is -2.02. The summed E-state index contributed by atoms with van der Waals surface area (Å²) in [4.78, 5) is 21.1. The minimum atomic E-state index is -0.610. The van der Waals surface area contributed by atoms with E-state index in [1.807, 2.05) is 0 Å². The average molecular weight is 188 g/mol. The number of carbonyl (C=O) groups excluding carboxylic acids is 2. The lowest BCUT2D eigenvalue weighted by atomic mass is 10.4. The molecule has 6 nitrogen and oxygen atoms in total. The number of hydrogen-bond donors (Lipinski definition) is 2. The molecule has 0 radical (unpaired) electrons. The number of nitrogens with two attached hydrogens (primary N) is 1. The van der Waals surface area contributed by atoms with Crippen LogP contribution in [-0.2, 0) is 14.3 Å². The molecule has 74 valence electrons. The van der Waals surface area contributed by atoms with Gasteiger partial charge in [0.05, 0.1) is 12.8 Å². The van der Waals surface area contributed by atoms with Gasteiger partial charge in [0.2, 0.25) is 0 Å². The molecule has 6 heteroatoms. The van der Waals surface area contributed by atoms with Crippen LogP contribution < -0.4 is 11.1 Å². The molecule has 0 aromatic carbocycles. The zero-order valence-electron chi connectivity index (χ0n) is 7.49. The number of alkyl carbamates (subject to hydrolysis) is 1. The molecule has 0 unspecified atom stereocenters. The van der Waals surface area contributed by atoms with Crippen LogP contribution >= 0.6 is 0 Å². The van der Waals surface area contributed by atoms with E-state index in [0.29, 0.717) is 0 Å². The molecule has 0 fully saturated rings. The van der Waals surface area contributed by atoms with E-state index in [2.05, 4.69) is 14.8 Å². The van der Waals surface area contributed by atoms with E-state index in [-0.39, 0.29) is 12.3 Å². The number of nitrogens with one attached hydrogen (secondary N) is 1. The first kappa shape index (κ1) is 11.3.